The number of nitrogens with one attached hydrogen (secondary N) is 2. The van der Waals surface area contributed by atoms with Gasteiger partial charge >= 0.3 is 0 Å². The lowest BCUT2D eigenvalue weighted by molar-refractivity contribution is -0.122. The number of para-hydroxylation sites is 1. The summed E-state index contributed by atoms with van der Waals surface area (Å²) in [4.78, 5) is 32.5. The van der Waals surface area contributed by atoms with Gasteiger partial charge in [-0.05, 0) is 62.8 Å². The molecule has 1 saturated carbocycles. The minimum atomic E-state index is -0.477. The van der Waals surface area contributed by atoms with Crippen molar-refractivity contribution in [1.82, 2.24) is 24.5 Å². The van der Waals surface area contributed by atoms with Crippen LogP contribution in [-0.4, -0.2) is 49.5 Å². The maximum Gasteiger partial charge on any atom is 0.224 e. The van der Waals surface area contributed by atoms with Gasteiger partial charge in [0.15, 0.2) is 5.65 Å². The molecular formula is C28H31ClFN9O. The Kier molecular flexibility index (Phi) is 7.38. The van der Waals surface area contributed by atoms with Gasteiger partial charge in [0.25, 0.3) is 0 Å². The third-order valence-electron chi connectivity index (χ3n) is 7.94. The molecule has 3 aromatic heterocycles. The molecule has 2 fully saturated rings. The molecule has 40 heavy (non-hydrogen) atoms. The molecule has 4 N–H and O–H groups in total. The normalized spacial score (nSPS) is 20.0. The fourth-order valence-corrected chi connectivity index (χ4v) is 5.96. The number of carbonyl (C=O) groups excluding carboxylic acids is 1. The number of anilines is 4. The molecular weight excluding hydrogens is 533 g/mol. The maximum absolute atomic E-state index is 14.7. The zero-order valence-corrected chi connectivity index (χ0v) is 22.7. The van der Waals surface area contributed by atoms with Crippen LogP contribution < -0.4 is 21.3 Å². The second-order valence-corrected chi connectivity index (χ2v) is 10.9. The first-order valence-corrected chi connectivity index (χ1v) is 14.0. The molecule has 0 spiro atoms. The molecule has 4 aromatic rings. The largest absolute Gasteiger partial charge is 0.370 e. The molecule has 6 rings (SSSR count). The first-order valence-electron chi connectivity index (χ1n) is 13.6. The highest BCUT2D eigenvalue weighted by Crippen LogP contribution is 2.38. The molecule has 0 bridgehead atoms. The summed E-state index contributed by atoms with van der Waals surface area (Å²) in [5, 5.41) is 6.86. The molecule has 4 heterocycles. The van der Waals surface area contributed by atoms with Gasteiger partial charge in [-0.15, -0.1) is 0 Å². The predicted octanol–water partition coefficient (Wildman–Crippen LogP) is 5.05. The summed E-state index contributed by atoms with van der Waals surface area (Å²) in [6, 6.07) is 8.79. The van der Waals surface area contributed by atoms with Crippen molar-refractivity contribution in [3.8, 4) is 0 Å². The third kappa shape index (κ3) is 5.38. The van der Waals surface area contributed by atoms with Gasteiger partial charge in [0.1, 0.15) is 11.3 Å². The van der Waals surface area contributed by atoms with E-state index in [0.29, 0.717) is 35.9 Å². The zero-order valence-electron chi connectivity index (χ0n) is 21.9. The molecule has 0 radical (unpaired) electrons. The lowest BCUT2D eigenvalue weighted by Crippen LogP contribution is -2.39. The molecule has 1 saturated heterocycles. The second kappa shape index (κ2) is 11.2. The number of benzene rings is 1. The van der Waals surface area contributed by atoms with Crippen LogP contribution in [0, 0.1) is 11.7 Å². The molecule has 1 aromatic carbocycles. The van der Waals surface area contributed by atoms with E-state index in [-0.39, 0.29) is 34.6 Å². The average Bonchev–Trinajstić information content (AvgIpc) is 3.33. The Morgan fingerprint density at radius 1 is 1.02 bits per heavy atom. The summed E-state index contributed by atoms with van der Waals surface area (Å²) in [5.74, 6) is 0.0618. The summed E-state index contributed by atoms with van der Waals surface area (Å²) in [6.45, 7) is 1.81. The summed E-state index contributed by atoms with van der Waals surface area (Å²) in [6.07, 6.45) is 10.0. The van der Waals surface area contributed by atoms with E-state index in [4.69, 9.17) is 27.3 Å². The number of pyridine rings is 1. The number of amides is 1. The van der Waals surface area contributed by atoms with Crippen molar-refractivity contribution in [2.45, 2.75) is 50.6 Å². The Morgan fingerprint density at radius 3 is 2.52 bits per heavy atom. The fraction of sp³-hybridized carbons (Fsp3) is 0.393. The van der Waals surface area contributed by atoms with Gasteiger partial charge in [0.05, 0.1) is 28.8 Å². The van der Waals surface area contributed by atoms with Crippen LogP contribution in [0.1, 0.15) is 44.6 Å². The Balaban J connectivity index is 1.26. The Hall–Kier alpha value is -3.99. The number of rotatable bonds is 7. The Labute approximate surface area is 236 Å². The van der Waals surface area contributed by atoms with E-state index in [1.54, 1.807) is 24.5 Å². The van der Waals surface area contributed by atoms with Crippen molar-refractivity contribution in [2.75, 3.05) is 28.6 Å². The number of imidazole rings is 1. The average molecular weight is 564 g/mol. The quantitative estimate of drug-likeness (QED) is 0.285. The number of halogens is 2. The number of nitrogens with two attached hydrogens (primary N) is 1. The van der Waals surface area contributed by atoms with E-state index in [1.807, 2.05) is 16.8 Å². The van der Waals surface area contributed by atoms with Crippen molar-refractivity contribution in [3.05, 3.63) is 59.8 Å². The molecule has 0 unspecified atom stereocenters. The lowest BCUT2D eigenvalue weighted by atomic mass is 9.85. The summed E-state index contributed by atoms with van der Waals surface area (Å²) in [7, 11) is 0. The van der Waals surface area contributed by atoms with Crippen molar-refractivity contribution >= 4 is 51.9 Å². The molecule has 2 aliphatic rings. The van der Waals surface area contributed by atoms with Crippen LogP contribution in [0.5, 0.6) is 0 Å². The van der Waals surface area contributed by atoms with Crippen LogP contribution >= 0.6 is 11.6 Å². The van der Waals surface area contributed by atoms with Crippen LogP contribution in [0.4, 0.5) is 27.7 Å². The maximum atomic E-state index is 14.7. The van der Waals surface area contributed by atoms with Crippen molar-refractivity contribution < 1.29 is 9.18 Å². The van der Waals surface area contributed by atoms with Gasteiger partial charge in [0.2, 0.25) is 17.8 Å². The topological polar surface area (TPSA) is 127 Å². The summed E-state index contributed by atoms with van der Waals surface area (Å²) < 4.78 is 16.7. The van der Waals surface area contributed by atoms with Gasteiger partial charge in [-0.2, -0.15) is 4.98 Å². The van der Waals surface area contributed by atoms with Crippen molar-refractivity contribution in [2.24, 2.45) is 11.7 Å². The van der Waals surface area contributed by atoms with Crippen LogP contribution in [0.3, 0.4) is 0 Å². The monoisotopic (exact) mass is 563 g/mol. The van der Waals surface area contributed by atoms with Gasteiger partial charge in [-0.3, -0.25) is 14.3 Å². The van der Waals surface area contributed by atoms with Crippen molar-refractivity contribution in [1.29, 1.82) is 0 Å². The van der Waals surface area contributed by atoms with Gasteiger partial charge in [0, 0.05) is 37.3 Å². The summed E-state index contributed by atoms with van der Waals surface area (Å²) >= 11 is 6.32. The van der Waals surface area contributed by atoms with Crippen molar-refractivity contribution in [3.63, 3.8) is 0 Å². The molecule has 12 heteroatoms. The Morgan fingerprint density at radius 2 is 1.82 bits per heavy atom. The van der Waals surface area contributed by atoms with E-state index in [2.05, 4.69) is 31.6 Å². The highest BCUT2D eigenvalue weighted by molar-refractivity contribution is 6.33. The highest BCUT2D eigenvalue weighted by Gasteiger charge is 2.30. The number of primary amides is 1. The van der Waals surface area contributed by atoms with Gasteiger partial charge in [-0.1, -0.05) is 17.7 Å². The Bertz CT molecular complexity index is 1480. The van der Waals surface area contributed by atoms with E-state index in [1.165, 1.54) is 6.07 Å². The predicted molar refractivity (Wildman–Crippen MR) is 153 cm³/mol. The summed E-state index contributed by atoms with van der Waals surface area (Å²) in [5.41, 5.74) is 8.08. The number of carbonyl (C=O) groups is 1. The number of piperidine rings is 1. The smallest absolute Gasteiger partial charge is 0.224 e. The molecule has 1 amide bonds. The number of fused-ring (bicyclic) bond motifs is 1. The van der Waals surface area contributed by atoms with Crippen LogP contribution in [0.25, 0.3) is 11.2 Å². The standard InChI is InChI=1S/C28H31ClFN9O/c29-21-4-1-5-22(30)24(21)36-28-35-23-16-33-27(34-18-10-13-38(14-11-18)20-3-2-12-32-15-20)37-26(23)39(28)19-8-6-17(7-9-19)25(31)40/h1-5,12,15-19H,6-11,13-14H2,(H2,31,40)(H,35,36)(H,33,34,37)/t17-,19+. The first kappa shape index (κ1) is 26.2. The zero-order chi connectivity index (χ0) is 27.6. The van der Waals surface area contributed by atoms with Gasteiger partial charge in [-0.25, -0.2) is 14.4 Å². The molecule has 208 valence electrons. The SMILES string of the molecule is NC(=O)[C@H]1CC[C@@H](n2c(Nc3c(F)cccc3Cl)nc3cnc(NC4CCN(c5cccnc5)CC4)nc32)CC1. The van der Waals surface area contributed by atoms with E-state index >= 15 is 0 Å². The van der Waals surface area contributed by atoms with Crippen LogP contribution in [0.2, 0.25) is 5.02 Å². The number of nitrogens with zero attached hydrogens (tertiary/aromatic N) is 6. The van der Waals surface area contributed by atoms with Crippen LogP contribution in [-0.2, 0) is 4.79 Å². The lowest BCUT2D eigenvalue weighted by Gasteiger charge is -2.33. The minimum Gasteiger partial charge on any atom is -0.370 e. The van der Waals surface area contributed by atoms with E-state index in [0.717, 1.165) is 44.5 Å². The highest BCUT2D eigenvalue weighted by atomic mass is 35.5. The van der Waals surface area contributed by atoms with E-state index in [9.17, 15) is 9.18 Å². The molecule has 10 nitrogen and oxygen atoms in total. The minimum absolute atomic E-state index is 0.000815. The second-order valence-electron chi connectivity index (χ2n) is 10.5. The number of aromatic nitrogens is 5. The number of hydrogen-bond donors (Lipinski definition) is 3. The molecule has 1 aliphatic heterocycles. The van der Waals surface area contributed by atoms with Crippen LogP contribution in [0.15, 0.2) is 48.9 Å². The first-order chi connectivity index (χ1) is 19.5. The molecule has 0 atom stereocenters. The fourth-order valence-electron chi connectivity index (χ4n) is 5.75. The number of hydrogen-bond acceptors (Lipinski definition) is 8. The van der Waals surface area contributed by atoms with Gasteiger partial charge < -0.3 is 21.3 Å². The van der Waals surface area contributed by atoms with E-state index < -0.39 is 5.82 Å². The molecule has 1 aliphatic carbocycles. The third-order valence-corrected chi connectivity index (χ3v) is 8.25.